The highest BCUT2D eigenvalue weighted by molar-refractivity contribution is 5.80. The number of ether oxygens (including phenoxy) is 1. The van der Waals surface area contributed by atoms with E-state index in [0.29, 0.717) is 29.1 Å². The summed E-state index contributed by atoms with van der Waals surface area (Å²) in [5.41, 5.74) is 3.19. The first-order valence-corrected chi connectivity index (χ1v) is 9.91. The molecule has 8 heteroatoms. The van der Waals surface area contributed by atoms with E-state index >= 15 is 0 Å². The lowest BCUT2D eigenvalue weighted by molar-refractivity contribution is -0.121. The Hall–Kier alpha value is -3.68. The first-order chi connectivity index (χ1) is 14.6. The fourth-order valence-corrected chi connectivity index (χ4v) is 3.64. The Morgan fingerprint density at radius 2 is 2.07 bits per heavy atom. The van der Waals surface area contributed by atoms with Gasteiger partial charge in [-0.2, -0.15) is 5.10 Å². The Morgan fingerprint density at radius 1 is 1.20 bits per heavy atom. The Balaban J connectivity index is 1.46. The molecule has 8 nitrogen and oxygen atoms in total. The van der Waals surface area contributed by atoms with Crippen LogP contribution in [0.25, 0.3) is 16.7 Å². The van der Waals surface area contributed by atoms with Gasteiger partial charge in [-0.15, -0.1) is 0 Å². The molecule has 1 amide bonds. The minimum absolute atomic E-state index is 0.0918. The normalized spacial score (nSPS) is 13.6. The number of rotatable bonds is 6. The zero-order valence-electron chi connectivity index (χ0n) is 16.5. The van der Waals surface area contributed by atoms with E-state index in [9.17, 15) is 9.59 Å². The molecule has 0 aliphatic heterocycles. The average molecular weight is 403 g/mol. The SMILES string of the molecule is COc1cccc(CNC(=O)Cn2c(=O)c3cc(C4CC4)nn3c3ncccc32)c1. The van der Waals surface area contributed by atoms with Crippen LogP contribution in [0.5, 0.6) is 5.75 Å². The maximum Gasteiger partial charge on any atom is 0.277 e. The lowest BCUT2D eigenvalue weighted by atomic mass is 10.2. The van der Waals surface area contributed by atoms with Crippen LogP contribution in [0, 0.1) is 0 Å². The van der Waals surface area contributed by atoms with E-state index in [-0.39, 0.29) is 18.0 Å². The molecule has 0 spiro atoms. The van der Waals surface area contributed by atoms with E-state index in [2.05, 4.69) is 15.4 Å². The standard InChI is InChI=1S/C22H21N5O3/c1-30-16-5-2-4-14(10-16)12-24-20(28)13-26-18-6-3-9-23-21(18)27-19(22(26)29)11-17(25-27)15-7-8-15/h2-6,9-11,15H,7-8,12-13H2,1H3,(H,24,28). The summed E-state index contributed by atoms with van der Waals surface area (Å²) in [6, 6.07) is 12.9. The van der Waals surface area contributed by atoms with Crippen LogP contribution in [0.3, 0.4) is 0 Å². The van der Waals surface area contributed by atoms with Crippen molar-refractivity contribution in [2.75, 3.05) is 7.11 Å². The summed E-state index contributed by atoms with van der Waals surface area (Å²) in [7, 11) is 1.60. The van der Waals surface area contributed by atoms with Crippen molar-refractivity contribution in [1.29, 1.82) is 0 Å². The molecule has 1 aliphatic rings. The van der Waals surface area contributed by atoms with Crippen molar-refractivity contribution < 1.29 is 9.53 Å². The largest absolute Gasteiger partial charge is 0.497 e. The third-order valence-electron chi connectivity index (χ3n) is 5.37. The molecule has 5 rings (SSSR count). The van der Waals surface area contributed by atoms with Gasteiger partial charge in [0, 0.05) is 18.7 Å². The van der Waals surface area contributed by atoms with Gasteiger partial charge < -0.3 is 10.1 Å². The Labute approximate surface area is 172 Å². The number of carbonyl (C=O) groups excluding carboxylic acids is 1. The minimum atomic E-state index is -0.253. The van der Waals surface area contributed by atoms with Gasteiger partial charge in [0.1, 0.15) is 17.8 Å². The Kier molecular flexibility index (Phi) is 4.46. The lowest BCUT2D eigenvalue weighted by Gasteiger charge is -2.12. The number of pyridine rings is 1. The second kappa shape index (κ2) is 7.29. The fraction of sp³-hybridized carbons (Fsp3) is 0.273. The average Bonchev–Trinajstić information content (AvgIpc) is 3.53. The number of carbonyl (C=O) groups is 1. The van der Waals surface area contributed by atoms with Crippen LogP contribution < -0.4 is 15.6 Å². The number of benzene rings is 1. The van der Waals surface area contributed by atoms with Crippen LogP contribution in [0.1, 0.15) is 30.0 Å². The van der Waals surface area contributed by atoms with Crippen molar-refractivity contribution in [2.24, 2.45) is 0 Å². The fourth-order valence-electron chi connectivity index (χ4n) is 3.64. The summed E-state index contributed by atoms with van der Waals surface area (Å²) < 4.78 is 8.29. The molecule has 4 aromatic rings. The van der Waals surface area contributed by atoms with Gasteiger partial charge in [0.05, 0.1) is 18.3 Å². The molecule has 1 saturated carbocycles. The Bertz CT molecular complexity index is 1320. The first-order valence-electron chi connectivity index (χ1n) is 9.91. The molecule has 152 valence electrons. The number of fused-ring (bicyclic) bond motifs is 3. The summed E-state index contributed by atoms with van der Waals surface area (Å²) >= 11 is 0. The quantitative estimate of drug-likeness (QED) is 0.533. The van der Waals surface area contributed by atoms with E-state index in [1.54, 1.807) is 30.0 Å². The molecule has 0 saturated heterocycles. The van der Waals surface area contributed by atoms with Gasteiger partial charge in [0.15, 0.2) is 5.65 Å². The third kappa shape index (κ3) is 3.30. The molecule has 1 aromatic carbocycles. The number of methoxy groups -OCH3 is 1. The maximum absolute atomic E-state index is 13.2. The number of amides is 1. The van der Waals surface area contributed by atoms with E-state index in [1.807, 2.05) is 30.3 Å². The van der Waals surface area contributed by atoms with Crippen LogP contribution >= 0.6 is 0 Å². The van der Waals surface area contributed by atoms with Crippen molar-refractivity contribution in [2.45, 2.75) is 31.8 Å². The molecule has 3 aromatic heterocycles. The van der Waals surface area contributed by atoms with Gasteiger partial charge in [-0.3, -0.25) is 14.2 Å². The smallest absolute Gasteiger partial charge is 0.277 e. The van der Waals surface area contributed by atoms with Gasteiger partial charge >= 0.3 is 0 Å². The lowest BCUT2D eigenvalue weighted by Crippen LogP contribution is -2.33. The topological polar surface area (TPSA) is 90.5 Å². The third-order valence-corrected chi connectivity index (χ3v) is 5.37. The highest BCUT2D eigenvalue weighted by Crippen LogP contribution is 2.39. The van der Waals surface area contributed by atoms with Gasteiger partial charge in [-0.1, -0.05) is 12.1 Å². The zero-order chi connectivity index (χ0) is 20.7. The minimum Gasteiger partial charge on any atom is -0.497 e. The molecule has 0 radical (unpaired) electrons. The number of hydrogen-bond acceptors (Lipinski definition) is 5. The summed E-state index contributed by atoms with van der Waals surface area (Å²) in [4.78, 5) is 30.2. The predicted molar refractivity (Wildman–Crippen MR) is 112 cm³/mol. The van der Waals surface area contributed by atoms with Crippen LogP contribution in [-0.4, -0.2) is 32.2 Å². The second-order valence-corrected chi connectivity index (χ2v) is 7.51. The Morgan fingerprint density at radius 3 is 2.87 bits per heavy atom. The van der Waals surface area contributed by atoms with Gasteiger partial charge in [0.25, 0.3) is 5.56 Å². The molecule has 1 fully saturated rings. The van der Waals surface area contributed by atoms with E-state index in [0.717, 1.165) is 29.8 Å². The summed E-state index contributed by atoms with van der Waals surface area (Å²) in [6.45, 7) is 0.257. The number of aromatic nitrogens is 4. The van der Waals surface area contributed by atoms with Crippen LogP contribution in [-0.2, 0) is 17.9 Å². The molecular formula is C22H21N5O3. The van der Waals surface area contributed by atoms with E-state index in [1.165, 1.54) is 4.57 Å². The highest BCUT2D eigenvalue weighted by Gasteiger charge is 2.27. The van der Waals surface area contributed by atoms with E-state index < -0.39 is 0 Å². The highest BCUT2D eigenvalue weighted by atomic mass is 16.5. The molecule has 30 heavy (non-hydrogen) atoms. The van der Waals surface area contributed by atoms with Gasteiger partial charge in [-0.05, 0) is 48.7 Å². The molecule has 3 heterocycles. The molecule has 0 unspecified atom stereocenters. The van der Waals surface area contributed by atoms with Crippen molar-refractivity contribution >= 4 is 22.6 Å². The maximum atomic E-state index is 13.2. The molecular weight excluding hydrogens is 382 g/mol. The number of nitrogens with one attached hydrogen (secondary N) is 1. The molecule has 1 aliphatic carbocycles. The summed E-state index contributed by atoms with van der Waals surface area (Å²) in [5.74, 6) is 0.895. The monoisotopic (exact) mass is 403 g/mol. The van der Waals surface area contributed by atoms with E-state index in [4.69, 9.17) is 4.74 Å². The van der Waals surface area contributed by atoms with Crippen molar-refractivity contribution in [3.8, 4) is 5.75 Å². The van der Waals surface area contributed by atoms with Crippen LogP contribution in [0.4, 0.5) is 0 Å². The van der Waals surface area contributed by atoms with Crippen LogP contribution in [0.15, 0.2) is 53.5 Å². The summed E-state index contributed by atoms with van der Waals surface area (Å²) in [6.07, 6.45) is 3.85. The first kappa shape index (κ1) is 18.4. The second-order valence-electron chi connectivity index (χ2n) is 7.51. The number of hydrogen-bond donors (Lipinski definition) is 1. The predicted octanol–water partition coefficient (Wildman–Crippen LogP) is 2.25. The summed E-state index contributed by atoms with van der Waals surface area (Å²) in [5, 5.41) is 7.48. The van der Waals surface area contributed by atoms with Gasteiger partial charge in [0.2, 0.25) is 5.91 Å². The zero-order valence-corrected chi connectivity index (χ0v) is 16.5. The van der Waals surface area contributed by atoms with Crippen molar-refractivity contribution in [3.63, 3.8) is 0 Å². The van der Waals surface area contributed by atoms with Crippen molar-refractivity contribution in [1.82, 2.24) is 24.5 Å². The molecule has 0 atom stereocenters. The molecule has 1 N–H and O–H groups in total. The van der Waals surface area contributed by atoms with Gasteiger partial charge in [-0.25, -0.2) is 9.50 Å². The molecule has 0 bridgehead atoms. The van der Waals surface area contributed by atoms with Crippen LogP contribution in [0.2, 0.25) is 0 Å². The number of nitrogens with zero attached hydrogens (tertiary/aromatic N) is 4. The van der Waals surface area contributed by atoms with Crippen molar-refractivity contribution in [3.05, 3.63) is 70.3 Å².